The Balaban J connectivity index is 1.53. The number of aryl methyl sites for hydroxylation is 3. The van der Waals surface area contributed by atoms with Crippen molar-refractivity contribution in [2.45, 2.75) is 39.0 Å². The van der Waals surface area contributed by atoms with Crippen LogP contribution in [0.5, 0.6) is 0 Å². The zero-order valence-electron chi connectivity index (χ0n) is 12.9. The number of rotatable bonds is 5. The molecule has 1 aliphatic carbocycles. The molecule has 0 aliphatic heterocycles. The van der Waals surface area contributed by atoms with Crippen LogP contribution in [0.3, 0.4) is 0 Å². The first kappa shape index (κ1) is 15.0. The highest BCUT2D eigenvalue weighted by molar-refractivity contribution is 7.09. The number of guanidine groups is 1. The van der Waals surface area contributed by atoms with E-state index in [1.54, 1.807) is 11.3 Å². The largest absolute Gasteiger partial charge is 0.370 e. The molecule has 116 valence electrons. The molecular formula is C17H22N4S. The summed E-state index contributed by atoms with van der Waals surface area (Å²) in [5, 5.41) is 6.48. The van der Waals surface area contributed by atoms with Crippen LogP contribution in [0.4, 0.5) is 5.69 Å². The van der Waals surface area contributed by atoms with Crippen molar-refractivity contribution in [3.05, 3.63) is 45.4 Å². The van der Waals surface area contributed by atoms with Gasteiger partial charge in [0.1, 0.15) is 0 Å². The summed E-state index contributed by atoms with van der Waals surface area (Å²) in [6.45, 7) is 2.79. The van der Waals surface area contributed by atoms with Crippen molar-refractivity contribution in [3.8, 4) is 0 Å². The van der Waals surface area contributed by atoms with Crippen molar-refractivity contribution in [3.63, 3.8) is 0 Å². The summed E-state index contributed by atoms with van der Waals surface area (Å²) in [5.74, 6) is 0.476. The molecule has 2 aromatic rings. The Morgan fingerprint density at radius 3 is 3.05 bits per heavy atom. The number of hydrogen-bond acceptors (Lipinski definition) is 3. The average molecular weight is 314 g/mol. The van der Waals surface area contributed by atoms with Gasteiger partial charge < -0.3 is 11.1 Å². The second kappa shape index (κ2) is 6.92. The van der Waals surface area contributed by atoms with E-state index in [0.29, 0.717) is 12.5 Å². The molecule has 0 radical (unpaired) electrons. The van der Waals surface area contributed by atoms with Crippen molar-refractivity contribution in [2.24, 2.45) is 10.7 Å². The number of fused-ring (bicyclic) bond motifs is 1. The summed E-state index contributed by atoms with van der Waals surface area (Å²) < 4.78 is 0. The highest BCUT2D eigenvalue weighted by atomic mass is 32.1. The fraction of sp³-hybridized carbons (Fsp3) is 0.412. The molecule has 5 heteroatoms. The zero-order chi connectivity index (χ0) is 15.4. The Bertz CT molecular complexity index is 675. The van der Waals surface area contributed by atoms with E-state index < -0.39 is 0 Å². The number of benzene rings is 1. The molecule has 0 spiro atoms. The fourth-order valence-electron chi connectivity index (χ4n) is 2.75. The zero-order valence-corrected chi connectivity index (χ0v) is 13.7. The van der Waals surface area contributed by atoms with Crippen molar-refractivity contribution in [1.29, 1.82) is 0 Å². The lowest BCUT2D eigenvalue weighted by molar-refractivity contribution is 0.912. The monoisotopic (exact) mass is 314 g/mol. The smallest absolute Gasteiger partial charge is 0.193 e. The summed E-state index contributed by atoms with van der Waals surface area (Å²) in [7, 11) is 0. The number of nitrogens with two attached hydrogens (primary N) is 1. The quantitative estimate of drug-likeness (QED) is 0.658. The minimum absolute atomic E-state index is 0.476. The van der Waals surface area contributed by atoms with Gasteiger partial charge >= 0.3 is 0 Å². The number of nitrogens with zero attached hydrogens (tertiary/aromatic N) is 2. The molecule has 0 atom stereocenters. The van der Waals surface area contributed by atoms with Gasteiger partial charge in [0.05, 0.1) is 10.7 Å². The van der Waals surface area contributed by atoms with Gasteiger partial charge in [-0.15, -0.1) is 11.3 Å². The van der Waals surface area contributed by atoms with Crippen LogP contribution in [-0.4, -0.2) is 17.5 Å². The summed E-state index contributed by atoms with van der Waals surface area (Å²) in [4.78, 5) is 8.93. The first-order valence-electron chi connectivity index (χ1n) is 7.86. The van der Waals surface area contributed by atoms with Gasteiger partial charge in [0.15, 0.2) is 5.96 Å². The normalized spacial score (nSPS) is 14.1. The van der Waals surface area contributed by atoms with E-state index in [4.69, 9.17) is 5.73 Å². The minimum atomic E-state index is 0.476. The molecule has 1 aliphatic rings. The van der Waals surface area contributed by atoms with Crippen LogP contribution in [0.2, 0.25) is 0 Å². The maximum Gasteiger partial charge on any atom is 0.193 e. The van der Waals surface area contributed by atoms with Crippen LogP contribution in [0.1, 0.15) is 35.2 Å². The maximum absolute atomic E-state index is 5.97. The highest BCUT2D eigenvalue weighted by Crippen LogP contribution is 2.24. The number of aromatic nitrogens is 1. The van der Waals surface area contributed by atoms with E-state index in [1.807, 2.05) is 0 Å². The summed E-state index contributed by atoms with van der Waals surface area (Å²) in [6.07, 6.45) is 5.47. The standard InChI is InChI=1S/C17H22N4S/c1-2-16-20-15(11-22-16)8-9-19-17(18)21-14-7-6-12-4-3-5-13(12)10-14/h6-7,10-11H,2-5,8-9H2,1H3,(H3,18,19,21). The van der Waals surface area contributed by atoms with E-state index in [9.17, 15) is 0 Å². The minimum Gasteiger partial charge on any atom is -0.370 e. The Kier molecular flexibility index (Phi) is 4.73. The molecule has 0 saturated heterocycles. The third kappa shape index (κ3) is 3.65. The average Bonchev–Trinajstić information content (AvgIpc) is 3.15. The molecule has 0 unspecified atom stereocenters. The molecule has 3 N–H and O–H groups in total. The van der Waals surface area contributed by atoms with Crippen LogP contribution in [0, 0.1) is 0 Å². The molecule has 3 rings (SSSR count). The molecular weight excluding hydrogens is 292 g/mol. The van der Waals surface area contributed by atoms with E-state index in [2.05, 4.69) is 45.8 Å². The van der Waals surface area contributed by atoms with Crippen LogP contribution in [0.25, 0.3) is 0 Å². The third-order valence-corrected chi connectivity index (χ3v) is 4.96. The first-order chi connectivity index (χ1) is 10.7. The fourth-order valence-corrected chi connectivity index (χ4v) is 3.53. The van der Waals surface area contributed by atoms with E-state index in [-0.39, 0.29) is 0 Å². The number of nitrogens with one attached hydrogen (secondary N) is 1. The third-order valence-electron chi connectivity index (χ3n) is 3.92. The SMILES string of the molecule is CCc1nc(CCN=C(N)Nc2ccc3c(c2)CCC3)cs1. The number of thiazole rings is 1. The van der Waals surface area contributed by atoms with Gasteiger partial charge in [0.2, 0.25) is 0 Å². The second-order valence-corrected chi connectivity index (χ2v) is 6.51. The Morgan fingerprint density at radius 1 is 1.36 bits per heavy atom. The van der Waals surface area contributed by atoms with E-state index in [1.165, 1.54) is 35.4 Å². The number of hydrogen-bond donors (Lipinski definition) is 2. The maximum atomic E-state index is 5.97. The van der Waals surface area contributed by atoms with E-state index in [0.717, 1.165) is 24.2 Å². The molecule has 1 aromatic carbocycles. The van der Waals surface area contributed by atoms with Gasteiger partial charge in [-0.3, -0.25) is 4.99 Å². The topological polar surface area (TPSA) is 63.3 Å². The lowest BCUT2D eigenvalue weighted by atomic mass is 10.1. The predicted octanol–water partition coefficient (Wildman–Crippen LogP) is 3.16. The summed E-state index contributed by atoms with van der Waals surface area (Å²) >= 11 is 1.72. The molecule has 0 amide bonds. The van der Waals surface area contributed by atoms with Crippen molar-refractivity contribution >= 4 is 23.0 Å². The van der Waals surface area contributed by atoms with Crippen molar-refractivity contribution in [1.82, 2.24) is 4.98 Å². The van der Waals surface area contributed by atoms with Crippen LogP contribution >= 0.6 is 11.3 Å². The molecule has 1 aromatic heterocycles. The van der Waals surface area contributed by atoms with Crippen molar-refractivity contribution < 1.29 is 0 Å². The highest BCUT2D eigenvalue weighted by Gasteiger charge is 2.10. The molecule has 22 heavy (non-hydrogen) atoms. The number of anilines is 1. The molecule has 1 heterocycles. The second-order valence-electron chi connectivity index (χ2n) is 5.57. The predicted molar refractivity (Wildman–Crippen MR) is 93.8 cm³/mol. The van der Waals surface area contributed by atoms with Gasteiger partial charge in [0, 0.05) is 24.0 Å². The number of aliphatic imine (C=N–C) groups is 1. The molecule has 0 bridgehead atoms. The van der Waals surface area contributed by atoms with Gasteiger partial charge in [-0.1, -0.05) is 13.0 Å². The van der Waals surface area contributed by atoms with Crippen LogP contribution in [0.15, 0.2) is 28.6 Å². The molecule has 4 nitrogen and oxygen atoms in total. The van der Waals surface area contributed by atoms with Gasteiger partial charge in [-0.25, -0.2) is 4.98 Å². The molecule has 0 fully saturated rings. The van der Waals surface area contributed by atoms with Crippen LogP contribution < -0.4 is 11.1 Å². The summed E-state index contributed by atoms with van der Waals surface area (Å²) in [6, 6.07) is 6.47. The Morgan fingerprint density at radius 2 is 2.23 bits per heavy atom. The molecule has 0 saturated carbocycles. The first-order valence-corrected chi connectivity index (χ1v) is 8.74. The lowest BCUT2D eigenvalue weighted by Crippen LogP contribution is -2.23. The lowest BCUT2D eigenvalue weighted by Gasteiger charge is -2.07. The van der Waals surface area contributed by atoms with Crippen LogP contribution in [-0.2, 0) is 25.7 Å². The Hall–Kier alpha value is -1.88. The Labute approximate surface area is 135 Å². The van der Waals surface area contributed by atoms with Gasteiger partial charge in [-0.2, -0.15) is 0 Å². The van der Waals surface area contributed by atoms with E-state index >= 15 is 0 Å². The van der Waals surface area contributed by atoms with Gasteiger partial charge in [0.25, 0.3) is 0 Å². The van der Waals surface area contributed by atoms with Crippen molar-refractivity contribution in [2.75, 3.05) is 11.9 Å². The summed E-state index contributed by atoms with van der Waals surface area (Å²) in [5.41, 5.74) is 11.0. The van der Waals surface area contributed by atoms with Gasteiger partial charge in [-0.05, 0) is 48.9 Å².